The number of hydrogen-bond donors (Lipinski definition) is 1. The van der Waals surface area contributed by atoms with Crippen LogP contribution in [0.15, 0.2) is 28.8 Å². The molecule has 2 heterocycles. The lowest BCUT2D eigenvalue weighted by Crippen LogP contribution is -2.42. The summed E-state index contributed by atoms with van der Waals surface area (Å²) in [6, 6.07) is 4.37. The van der Waals surface area contributed by atoms with Gasteiger partial charge in [-0.1, -0.05) is 17.3 Å². The molecule has 1 aromatic carbocycles. The topological polar surface area (TPSA) is 71.3 Å². The predicted octanol–water partition coefficient (Wildman–Crippen LogP) is 3.65. The number of nitrogens with one attached hydrogen (secondary N) is 1. The first-order valence-corrected chi connectivity index (χ1v) is 9.08. The summed E-state index contributed by atoms with van der Waals surface area (Å²) in [7, 11) is 0. The zero-order chi connectivity index (χ0) is 21.9. The second-order valence-electron chi connectivity index (χ2n) is 6.97. The minimum Gasteiger partial charge on any atom is -0.347 e. The molecule has 1 saturated heterocycles. The van der Waals surface area contributed by atoms with Crippen molar-refractivity contribution in [3.8, 4) is 11.4 Å². The Morgan fingerprint density at radius 2 is 1.73 bits per heavy atom. The van der Waals surface area contributed by atoms with Crippen LogP contribution in [-0.2, 0) is 17.5 Å². The minimum absolute atomic E-state index is 0.153. The molecule has 1 amide bonds. The third kappa shape index (κ3) is 5.94. The van der Waals surface area contributed by atoms with Gasteiger partial charge in [-0.25, -0.2) is 0 Å². The molecule has 0 radical (unpaired) electrons. The van der Waals surface area contributed by atoms with Crippen LogP contribution in [-0.4, -0.2) is 46.8 Å². The summed E-state index contributed by atoms with van der Waals surface area (Å²) in [6.07, 6.45) is -8.09. The first-order chi connectivity index (χ1) is 14.0. The fourth-order valence-electron chi connectivity index (χ4n) is 3.12. The second kappa shape index (κ2) is 8.62. The number of aromatic nitrogens is 2. The normalized spacial score (nSPS) is 16.6. The van der Waals surface area contributed by atoms with Crippen LogP contribution in [0.3, 0.4) is 0 Å². The molecule has 0 unspecified atom stereocenters. The molecule has 164 valence electrons. The van der Waals surface area contributed by atoms with E-state index >= 15 is 0 Å². The van der Waals surface area contributed by atoms with Crippen LogP contribution in [0, 0.1) is 5.92 Å². The molecule has 3 rings (SSSR count). The number of carbonyl (C=O) groups excluding carboxylic acids is 1. The highest BCUT2D eigenvalue weighted by Gasteiger charge is 2.32. The Hall–Kier alpha value is -2.63. The molecule has 0 spiro atoms. The highest BCUT2D eigenvalue weighted by molar-refractivity contribution is 5.78. The molecule has 1 aromatic heterocycles. The van der Waals surface area contributed by atoms with E-state index in [1.165, 1.54) is 12.1 Å². The Morgan fingerprint density at radius 1 is 1.10 bits per heavy atom. The summed E-state index contributed by atoms with van der Waals surface area (Å²) >= 11 is 0. The van der Waals surface area contributed by atoms with Crippen LogP contribution in [0.2, 0.25) is 0 Å². The average Bonchev–Trinajstić information content (AvgIpc) is 3.14. The first-order valence-electron chi connectivity index (χ1n) is 9.08. The number of nitrogens with zero attached hydrogens (tertiary/aromatic N) is 3. The van der Waals surface area contributed by atoms with Gasteiger partial charge >= 0.3 is 12.4 Å². The Bertz CT molecular complexity index is 855. The predicted molar refractivity (Wildman–Crippen MR) is 91.8 cm³/mol. The maximum atomic E-state index is 12.6. The number of likely N-dealkylation sites (tertiary alicyclic amines) is 1. The highest BCUT2D eigenvalue weighted by atomic mass is 19.4. The van der Waals surface area contributed by atoms with Crippen molar-refractivity contribution in [1.29, 1.82) is 0 Å². The summed E-state index contributed by atoms with van der Waals surface area (Å²) < 4.78 is 79.6. The number of rotatable bonds is 5. The monoisotopic (exact) mass is 436 g/mol. The lowest BCUT2D eigenvalue weighted by Gasteiger charge is -2.30. The lowest BCUT2D eigenvalue weighted by atomic mass is 9.96. The van der Waals surface area contributed by atoms with Gasteiger partial charge in [0.1, 0.15) is 6.54 Å². The number of amides is 1. The van der Waals surface area contributed by atoms with E-state index in [0.717, 1.165) is 12.1 Å². The van der Waals surface area contributed by atoms with Crippen LogP contribution < -0.4 is 5.32 Å². The smallest absolute Gasteiger partial charge is 0.347 e. The van der Waals surface area contributed by atoms with Crippen molar-refractivity contribution >= 4 is 5.91 Å². The Morgan fingerprint density at radius 3 is 2.30 bits per heavy atom. The van der Waals surface area contributed by atoms with E-state index in [0.29, 0.717) is 31.5 Å². The molecule has 6 nitrogen and oxygen atoms in total. The van der Waals surface area contributed by atoms with Gasteiger partial charge in [0.2, 0.25) is 17.6 Å². The zero-order valence-corrected chi connectivity index (χ0v) is 15.6. The minimum atomic E-state index is -4.45. The summed E-state index contributed by atoms with van der Waals surface area (Å²) in [6.45, 7) is -0.157. The van der Waals surface area contributed by atoms with Crippen molar-refractivity contribution in [3.63, 3.8) is 0 Å². The van der Waals surface area contributed by atoms with Gasteiger partial charge < -0.3 is 9.84 Å². The fraction of sp³-hybridized carbons (Fsp3) is 0.500. The van der Waals surface area contributed by atoms with E-state index in [9.17, 15) is 31.1 Å². The molecule has 2 aromatic rings. The zero-order valence-electron chi connectivity index (χ0n) is 15.6. The Balaban J connectivity index is 1.51. The highest BCUT2D eigenvalue weighted by Crippen LogP contribution is 2.30. The quantitative estimate of drug-likeness (QED) is 0.725. The molecule has 1 fully saturated rings. The van der Waals surface area contributed by atoms with Gasteiger partial charge in [-0.15, -0.1) is 0 Å². The maximum Gasteiger partial charge on any atom is 0.416 e. The molecular formula is C18H18F6N4O2. The molecule has 0 atom stereocenters. The standard InChI is InChI=1S/C18H18F6N4O2/c19-17(20,21)10-25-16(29)12-5-7-28(8-6-12)9-14-26-15(27-30-14)11-1-3-13(4-2-11)18(22,23)24/h1-4,12H,5-10H2,(H,25,29). The van der Waals surface area contributed by atoms with Gasteiger partial charge in [-0.2, -0.15) is 31.3 Å². The average molecular weight is 436 g/mol. The van der Waals surface area contributed by atoms with Crippen molar-refractivity contribution in [1.82, 2.24) is 20.4 Å². The molecule has 1 aliphatic heterocycles. The van der Waals surface area contributed by atoms with E-state index in [1.807, 2.05) is 10.2 Å². The van der Waals surface area contributed by atoms with E-state index in [2.05, 4.69) is 10.1 Å². The second-order valence-corrected chi connectivity index (χ2v) is 6.97. The van der Waals surface area contributed by atoms with E-state index in [4.69, 9.17) is 4.52 Å². The summed E-state index contributed by atoms with van der Waals surface area (Å²) in [5, 5.41) is 5.67. The van der Waals surface area contributed by atoms with Gasteiger partial charge in [0.15, 0.2) is 0 Å². The molecular weight excluding hydrogens is 418 g/mol. The molecule has 0 saturated carbocycles. The maximum absolute atomic E-state index is 12.6. The largest absolute Gasteiger partial charge is 0.416 e. The fourth-order valence-corrected chi connectivity index (χ4v) is 3.12. The third-order valence-corrected chi connectivity index (χ3v) is 4.72. The molecule has 1 aliphatic rings. The van der Waals surface area contributed by atoms with Crippen LogP contribution in [0.1, 0.15) is 24.3 Å². The van der Waals surface area contributed by atoms with Gasteiger partial charge in [-0.05, 0) is 38.1 Å². The molecule has 1 N–H and O–H groups in total. The van der Waals surface area contributed by atoms with Gasteiger partial charge in [0, 0.05) is 11.5 Å². The number of halogens is 6. The van der Waals surface area contributed by atoms with Gasteiger partial charge in [0.25, 0.3) is 0 Å². The van der Waals surface area contributed by atoms with Crippen molar-refractivity contribution in [3.05, 3.63) is 35.7 Å². The molecule has 30 heavy (non-hydrogen) atoms. The lowest BCUT2D eigenvalue weighted by molar-refractivity contribution is -0.141. The van der Waals surface area contributed by atoms with Crippen molar-refractivity contribution in [2.24, 2.45) is 5.92 Å². The van der Waals surface area contributed by atoms with Crippen LogP contribution in [0.5, 0.6) is 0 Å². The van der Waals surface area contributed by atoms with Crippen molar-refractivity contribution in [2.45, 2.75) is 31.7 Å². The summed E-state index contributed by atoms with van der Waals surface area (Å²) in [5.41, 5.74) is -0.407. The number of piperidine rings is 1. The van der Waals surface area contributed by atoms with Crippen molar-refractivity contribution < 1.29 is 35.7 Å². The van der Waals surface area contributed by atoms with Gasteiger partial charge in [-0.3, -0.25) is 9.69 Å². The summed E-state index contributed by atoms with van der Waals surface area (Å²) in [4.78, 5) is 17.9. The van der Waals surface area contributed by atoms with Crippen molar-refractivity contribution in [2.75, 3.05) is 19.6 Å². The Kier molecular flexibility index (Phi) is 6.34. The number of carbonyl (C=O) groups is 1. The van der Waals surface area contributed by atoms with Crippen LogP contribution in [0.4, 0.5) is 26.3 Å². The van der Waals surface area contributed by atoms with E-state index in [-0.39, 0.29) is 18.3 Å². The van der Waals surface area contributed by atoms with Gasteiger partial charge in [0.05, 0.1) is 12.1 Å². The molecule has 0 bridgehead atoms. The SMILES string of the molecule is O=C(NCC(F)(F)F)C1CCN(Cc2nc(-c3ccc(C(F)(F)F)cc3)no2)CC1. The Labute approximate surface area is 167 Å². The molecule has 12 heteroatoms. The van der Waals surface area contributed by atoms with Crippen LogP contribution >= 0.6 is 0 Å². The third-order valence-electron chi connectivity index (χ3n) is 4.72. The number of hydrogen-bond acceptors (Lipinski definition) is 5. The number of benzene rings is 1. The van der Waals surface area contributed by atoms with E-state index < -0.39 is 36.3 Å². The first kappa shape index (κ1) is 22.1. The van der Waals surface area contributed by atoms with E-state index in [1.54, 1.807) is 0 Å². The molecule has 0 aliphatic carbocycles. The summed E-state index contributed by atoms with van der Waals surface area (Å²) in [5.74, 6) is -0.701. The van der Waals surface area contributed by atoms with Crippen LogP contribution in [0.25, 0.3) is 11.4 Å². The number of alkyl halides is 6.